The zero-order valence-corrected chi connectivity index (χ0v) is 12.6. The molecule has 0 fully saturated rings. The van der Waals surface area contributed by atoms with Gasteiger partial charge in [-0.25, -0.2) is 4.98 Å². The van der Waals surface area contributed by atoms with E-state index < -0.39 is 12.0 Å². The van der Waals surface area contributed by atoms with E-state index in [1.54, 1.807) is 0 Å². The molecule has 0 bridgehead atoms. The minimum atomic E-state index is -4.58. The van der Waals surface area contributed by atoms with Crippen molar-refractivity contribution < 1.29 is 17.9 Å². The molecule has 7 heteroatoms. The molecule has 0 aliphatic carbocycles. The number of ether oxygens (including phenoxy) is 1. The number of alkyl halides is 3. The lowest BCUT2D eigenvalue weighted by Crippen LogP contribution is -2.15. The topological polar surface area (TPSA) is 47.0 Å². The second kappa shape index (κ2) is 8.05. The second-order valence-corrected chi connectivity index (χ2v) is 5.22. The number of nitrogens with zero attached hydrogens (tertiary/aromatic N) is 2. The Morgan fingerprint density at radius 2 is 2.00 bits per heavy atom. The molecule has 0 atom stereocenters. The summed E-state index contributed by atoms with van der Waals surface area (Å²) in [6.07, 6.45) is -2.06. The average Bonchev–Trinajstić information content (AvgIpc) is 2.40. The van der Waals surface area contributed by atoms with Crippen LogP contribution in [0.15, 0.2) is 6.07 Å². The Morgan fingerprint density at radius 1 is 1.29 bits per heavy atom. The molecular weight excluding hydrogens is 283 g/mol. The highest BCUT2D eigenvalue weighted by atomic mass is 19.4. The van der Waals surface area contributed by atoms with Crippen LogP contribution in [0.4, 0.5) is 19.0 Å². The summed E-state index contributed by atoms with van der Waals surface area (Å²) >= 11 is 0. The largest absolute Gasteiger partial charge is 0.478 e. The Kier molecular flexibility index (Phi) is 6.71. The summed E-state index contributed by atoms with van der Waals surface area (Å²) < 4.78 is 43.6. The number of aromatic nitrogens is 2. The molecule has 0 aliphatic rings. The van der Waals surface area contributed by atoms with E-state index in [4.69, 9.17) is 4.74 Å². The van der Waals surface area contributed by atoms with Gasteiger partial charge in [0.2, 0.25) is 11.7 Å². The lowest BCUT2D eigenvalue weighted by molar-refractivity contribution is -0.145. The first-order chi connectivity index (χ1) is 9.82. The lowest BCUT2D eigenvalue weighted by atomic mass is 10.1. The summed E-state index contributed by atoms with van der Waals surface area (Å²) in [4.78, 5) is 6.90. The van der Waals surface area contributed by atoms with Gasteiger partial charge in [-0.15, -0.1) is 0 Å². The predicted octanol–water partition coefficient (Wildman–Crippen LogP) is 4.13. The maximum Gasteiger partial charge on any atom is 0.451 e. The molecule has 0 amide bonds. The molecule has 1 heterocycles. The van der Waals surface area contributed by atoms with Crippen LogP contribution >= 0.6 is 0 Å². The smallest absolute Gasteiger partial charge is 0.451 e. The van der Waals surface area contributed by atoms with Crippen LogP contribution in [0.1, 0.15) is 45.9 Å². The number of anilines is 1. The second-order valence-electron chi connectivity index (χ2n) is 5.22. The first-order valence-electron chi connectivity index (χ1n) is 7.16. The highest BCUT2D eigenvalue weighted by molar-refractivity contribution is 5.38. The molecule has 0 aromatic carbocycles. The van der Waals surface area contributed by atoms with E-state index in [2.05, 4.69) is 29.1 Å². The van der Waals surface area contributed by atoms with E-state index in [0.29, 0.717) is 19.1 Å². The molecule has 120 valence electrons. The molecule has 0 unspecified atom stereocenters. The fraction of sp³-hybridized carbons (Fsp3) is 0.714. The summed E-state index contributed by atoms with van der Waals surface area (Å²) in [6, 6.07) is 1.40. The van der Waals surface area contributed by atoms with E-state index in [1.165, 1.54) is 6.07 Å². The van der Waals surface area contributed by atoms with Crippen LogP contribution in [0.25, 0.3) is 0 Å². The van der Waals surface area contributed by atoms with Gasteiger partial charge in [0.15, 0.2) is 0 Å². The van der Waals surface area contributed by atoms with Crippen molar-refractivity contribution in [3.8, 4) is 5.88 Å². The van der Waals surface area contributed by atoms with Gasteiger partial charge in [-0.1, -0.05) is 20.8 Å². The van der Waals surface area contributed by atoms with Crippen molar-refractivity contribution in [1.82, 2.24) is 9.97 Å². The van der Waals surface area contributed by atoms with E-state index in [1.807, 2.05) is 6.92 Å². The van der Waals surface area contributed by atoms with Crippen LogP contribution < -0.4 is 10.1 Å². The molecule has 1 aromatic rings. The average molecular weight is 305 g/mol. The zero-order chi connectivity index (χ0) is 15.9. The van der Waals surface area contributed by atoms with Crippen LogP contribution in [0.2, 0.25) is 0 Å². The number of hydrogen-bond acceptors (Lipinski definition) is 4. The summed E-state index contributed by atoms with van der Waals surface area (Å²) in [6.45, 7) is 6.97. The fourth-order valence-corrected chi connectivity index (χ4v) is 1.64. The molecule has 4 nitrogen and oxygen atoms in total. The molecule has 0 radical (unpaired) electrons. The van der Waals surface area contributed by atoms with Crippen LogP contribution in [-0.4, -0.2) is 23.1 Å². The van der Waals surface area contributed by atoms with Gasteiger partial charge in [0, 0.05) is 12.6 Å². The molecule has 21 heavy (non-hydrogen) atoms. The Labute approximate surface area is 123 Å². The van der Waals surface area contributed by atoms with Crippen molar-refractivity contribution in [3.63, 3.8) is 0 Å². The lowest BCUT2D eigenvalue weighted by Gasteiger charge is -2.12. The van der Waals surface area contributed by atoms with Crippen molar-refractivity contribution in [2.45, 2.75) is 46.2 Å². The molecule has 0 saturated heterocycles. The monoisotopic (exact) mass is 305 g/mol. The van der Waals surface area contributed by atoms with Crippen molar-refractivity contribution in [2.24, 2.45) is 5.92 Å². The van der Waals surface area contributed by atoms with Gasteiger partial charge < -0.3 is 10.1 Å². The highest BCUT2D eigenvalue weighted by Crippen LogP contribution is 2.29. The predicted molar refractivity (Wildman–Crippen MR) is 75.4 cm³/mol. The molecule has 1 rings (SSSR count). The zero-order valence-electron chi connectivity index (χ0n) is 12.6. The van der Waals surface area contributed by atoms with Crippen LogP contribution in [0, 0.1) is 5.92 Å². The molecule has 0 aliphatic heterocycles. The number of hydrogen-bond donors (Lipinski definition) is 1. The number of nitrogens with one attached hydrogen (secondary N) is 1. The van der Waals surface area contributed by atoms with E-state index in [9.17, 15) is 13.2 Å². The fourth-order valence-electron chi connectivity index (χ4n) is 1.64. The highest BCUT2D eigenvalue weighted by Gasteiger charge is 2.35. The van der Waals surface area contributed by atoms with Gasteiger partial charge in [-0.05, 0) is 25.2 Å². The third-order valence-corrected chi connectivity index (χ3v) is 2.69. The van der Waals surface area contributed by atoms with Gasteiger partial charge in [-0.2, -0.15) is 18.2 Å². The maximum atomic E-state index is 12.8. The molecular formula is C14H22F3N3O. The van der Waals surface area contributed by atoms with Gasteiger partial charge in [-0.3, -0.25) is 0 Å². The van der Waals surface area contributed by atoms with E-state index >= 15 is 0 Å². The van der Waals surface area contributed by atoms with Gasteiger partial charge in [0.05, 0.1) is 6.61 Å². The summed E-state index contributed by atoms with van der Waals surface area (Å²) in [5.74, 6) is -0.549. The Bertz CT molecular complexity index is 436. The van der Waals surface area contributed by atoms with Crippen LogP contribution in [0.5, 0.6) is 5.88 Å². The normalized spacial score (nSPS) is 11.8. The summed E-state index contributed by atoms with van der Waals surface area (Å²) in [5, 5.41) is 2.82. The Balaban J connectivity index is 2.76. The minimum absolute atomic E-state index is 0.0420. The van der Waals surface area contributed by atoms with Crippen molar-refractivity contribution in [1.29, 1.82) is 0 Å². The van der Waals surface area contributed by atoms with Gasteiger partial charge >= 0.3 is 6.18 Å². The first kappa shape index (κ1) is 17.5. The minimum Gasteiger partial charge on any atom is -0.478 e. The Hall–Kier alpha value is -1.53. The number of halogens is 3. The van der Waals surface area contributed by atoms with E-state index in [-0.39, 0.29) is 11.7 Å². The summed E-state index contributed by atoms with van der Waals surface area (Å²) in [7, 11) is 0. The van der Waals surface area contributed by atoms with Crippen LogP contribution in [-0.2, 0) is 6.18 Å². The van der Waals surface area contributed by atoms with Crippen molar-refractivity contribution in [3.05, 3.63) is 11.9 Å². The molecule has 1 aromatic heterocycles. The SMILES string of the molecule is CCCNc1cc(OCCCC(C)C)nc(C(F)(F)F)n1. The van der Waals surface area contributed by atoms with Gasteiger partial charge in [0.1, 0.15) is 5.82 Å². The summed E-state index contributed by atoms with van der Waals surface area (Å²) in [5.41, 5.74) is 0. The third kappa shape index (κ3) is 6.64. The third-order valence-electron chi connectivity index (χ3n) is 2.69. The van der Waals surface area contributed by atoms with Crippen LogP contribution in [0.3, 0.4) is 0 Å². The standard InChI is InChI=1S/C14H22F3N3O/c1-4-7-18-11-9-12(21-8-5-6-10(2)3)20-13(19-11)14(15,16)17/h9-10H,4-8H2,1-3H3,(H,18,19,20). The van der Waals surface area contributed by atoms with Crippen molar-refractivity contribution >= 4 is 5.82 Å². The quantitative estimate of drug-likeness (QED) is 0.734. The van der Waals surface area contributed by atoms with E-state index in [0.717, 1.165) is 19.3 Å². The first-order valence-corrected chi connectivity index (χ1v) is 7.16. The molecule has 0 spiro atoms. The number of rotatable bonds is 8. The maximum absolute atomic E-state index is 12.8. The van der Waals surface area contributed by atoms with Gasteiger partial charge in [0.25, 0.3) is 0 Å². The Morgan fingerprint density at radius 3 is 2.57 bits per heavy atom. The van der Waals surface area contributed by atoms with Crippen molar-refractivity contribution in [2.75, 3.05) is 18.5 Å². The molecule has 0 saturated carbocycles. The molecule has 1 N–H and O–H groups in total.